The average molecular weight is 254 g/mol. The van der Waals surface area contributed by atoms with Crippen molar-refractivity contribution in [3.05, 3.63) is 12.7 Å². The molecule has 0 aliphatic heterocycles. The van der Waals surface area contributed by atoms with Gasteiger partial charge in [0.2, 0.25) is 5.91 Å². The van der Waals surface area contributed by atoms with Gasteiger partial charge in [-0.2, -0.15) is 5.10 Å². The van der Waals surface area contributed by atoms with Crippen LogP contribution in [0, 0.1) is 0 Å². The average Bonchev–Trinajstić information content (AvgIpc) is 2.83. The zero-order valence-corrected chi connectivity index (χ0v) is 10.2. The molecule has 0 bridgehead atoms. The van der Waals surface area contributed by atoms with Crippen LogP contribution in [0.3, 0.4) is 0 Å². The molecule has 1 heterocycles. The minimum Gasteiger partial charge on any atom is -0.481 e. The summed E-state index contributed by atoms with van der Waals surface area (Å²) in [5.41, 5.74) is 0. The normalized spacial score (nSPS) is 10.2. The van der Waals surface area contributed by atoms with Gasteiger partial charge in [-0.1, -0.05) is 6.42 Å². The molecule has 0 saturated carbocycles. The van der Waals surface area contributed by atoms with E-state index in [2.05, 4.69) is 15.4 Å². The number of carboxylic acid groups (broad SMARTS) is 1. The Bertz CT molecular complexity index is 364. The SMILES string of the molecule is O=C(O)CCCCCNC(=O)CCn1cncn1. The number of nitrogens with one attached hydrogen (secondary N) is 1. The topological polar surface area (TPSA) is 97.1 Å². The lowest BCUT2D eigenvalue weighted by Crippen LogP contribution is -2.25. The number of carbonyl (C=O) groups is 2. The Morgan fingerprint density at radius 3 is 2.72 bits per heavy atom. The first-order valence-electron chi connectivity index (χ1n) is 5.99. The Morgan fingerprint density at radius 2 is 2.06 bits per heavy atom. The van der Waals surface area contributed by atoms with Gasteiger partial charge in [0.05, 0.1) is 6.54 Å². The van der Waals surface area contributed by atoms with Crippen molar-refractivity contribution in [3.63, 3.8) is 0 Å². The molecule has 7 nitrogen and oxygen atoms in total. The number of amides is 1. The lowest BCUT2D eigenvalue weighted by molar-refractivity contribution is -0.137. The van der Waals surface area contributed by atoms with Crippen LogP contribution in [0.2, 0.25) is 0 Å². The summed E-state index contributed by atoms with van der Waals surface area (Å²) in [5.74, 6) is -0.796. The van der Waals surface area contributed by atoms with Gasteiger partial charge in [-0.15, -0.1) is 0 Å². The van der Waals surface area contributed by atoms with Crippen LogP contribution in [-0.2, 0) is 16.1 Å². The van der Waals surface area contributed by atoms with E-state index in [0.717, 1.165) is 12.8 Å². The molecule has 0 aromatic carbocycles. The summed E-state index contributed by atoms with van der Waals surface area (Å²) >= 11 is 0. The van der Waals surface area contributed by atoms with Gasteiger partial charge in [0.25, 0.3) is 0 Å². The first-order valence-corrected chi connectivity index (χ1v) is 5.99. The van der Waals surface area contributed by atoms with Gasteiger partial charge < -0.3 is 10.4 Å². The Hall–Kier alpha value is -1.92. The molecule has 18 heavy (non-hydrogen) atoms. The number of aryl methyl sites for hydroxylation is 1. The number of hydrogen-bond acceptors (Lipinski definition) is 4. The molecule has 7 heteroatoms. The molecule has 0 spiro atoms. The Labute approximate surface area is 105 Å². The summed E-state index contributed by atoms with van der Waals surface area (Å²) in [7, 11) is 0. The summed E-state index contributed by atoms with van der Waals surface area (Å²) in [5, 5.41) is 15.1. The predicted molar refractivity (Wildman–Crippen MR) is 63.8 cm³/mol. The smallest absolute Gasteiger partial charge is 0.303 e. The highest BCUT2D eigenvalue weighted by Gasteiger charge is 2.02. The van der Waals surface area contributed by atoms with Crippen molar-refractivity contribution < 1.29 is 14.7 Å². The number of hydrogen-bond donors (Lipinski definition) is 2. The molecule has 100 valence electrons. The number of aromatic nitrogens is 3. The summed E-state index contributed by atoms with van der Waals surface area (Å²) in [6, 6.07) is 0. The third-order valence-corrected chi connectivity index (χ3v) is 2.42. The van der Waals surface area contributed by atoms with Crippen molar-refractivity contribution >= 4 is 11.9 Å². The lowest BCUT2D eigenvalue weighted by atomic mass is 10.2. The van der Waals surface area contributed by atoms with Gasteiger partial charge in [0.1, 0.15) is 12.7 Å². The van der Waals surface area contributed by atoms with Gasteiger partial charge in [-0.05, 0) is 12.8 Å². The van der Waals surface area contributed by atoms with E-state index in [1.165, 1.54) is 6.33 Å². The highest BCUT2D eigenvalue weighted by molar-refractivity contribution is 5.75. The fourth-order valence-corrected chi connectivity index (χ4v) is 1.46. The van der Waals surface area contributed by atoms with E-state index in [9.17, 15) is 9.59 Å². The van der Waals surface area contributed by atoms with Crippen LogP contribution in [0.5, 0.6) is 0 Å². The van der Waals surface area contributed by atoms with Crippen molar-refractivity contribution in [2.75, 3.05) is 6.54 Å². The van der Waals surface area contributed by atoms with Crippen molar-refractivity contribution in [3.8, 4) is 0 Å². The number of unbranched alkanes of at least 4 members (excludes halogenated alkanes) is 2. The molecule has 0 aliphatic carbocycles. The first kappa shape index (κ1) is 14.1. The standard InChI is InChI=1S/C11H18N4O3/c16-10(5-7-15-9-12-8-14-15)13-6-3-1-2-4-11(17)18/h8-9H,1-7H2,(H,13,16)(H,17,18). The molecule has 1 rings (SSSR count). The summed E-state index contributed by atoms with van der Waals surface area (Å²) in [6.07, 6.45) is 5.85. The van der Waals surface area contributed by atoms with Crippen LogP contribution >= 0.6 is 0 Å². The fraction of sp³-hybridized carbons (Fsp3) is 0.636. The maximum absolute atomic E-state index is 11.4. The van der Waals surface area contributed by atoms with E-state index in [1.54, 1.807) is 11.0 Å². The van der Waals surface area contributed by atoms with Crippen LogP contribution in [0.15, 0.2) is 12.7 Å². The van der Waals surface area contributed by atoms with E-state index in [1.807, 2.05) is 0 Å². The van der Waals surface area contributed by atoms with Crippen LogP contribution in [-0.4, -0.2) is 38.3 Å². The number of nitrogens with zero attached hydrogens (tertiary/aromatic N) is 3. The minimum atomic E-state index is -0.771. The second-order valence-corrected chi connectivity index (χ2v) is 3.96. The van der Waals surface area contributed by atoms with E-state index < -0.39 is 5.97 Å². The molecule has 0 saturated heterocycles. The predicted octanol–water partition coefficient (Wildman–Crippen LogP) is 0.429. The third-order valence-electron chi connectivity index (χ3n) is 2.42. The molecule has 0 fully saturated rings. The molecular formula is C11H18N4O3. The maximum atomic E-state index is 11.4. The van der Waals surface area contributed by atoms with Crippen LogP contribution in [0.1, 0.15) is 32.1 Å². The largest absolute Gasteiger partial charge is 0.481 e. The second-order valence-electron chi connectivity index (χ2n) is 3.96. The molecule has 0 aliphatic rings. The molecule has 1 amide bonds. The Kier molecular flexibility index (Phi) is 6.45. The fourth-order valence-electron chi connectivity index (χ4n) is 1.46. The molecular weight excluding hydrogens is 236 g/mol. The number of carbonyl (C=O) groups excluding carboxylic acids is 1. The van der Waals surface area contributed by atoms with Gasteiger partial charge in [0.15, 0.2) is 0 Å². The van der Waals surface area contributed by atoms with Crippen molar-refractivity contribution in [1.29, 1.82) is 0 Å². The molecule has 0 atom stereocenters. The van der Waals surface area contributed by atoms with E-state index in [0.29, 0.717) is 25.9 Å². The number of carboxylic acids is 1. The number of aliphatic carboxylic acids is 1. The van der Waals surface area contributed by atoms with Crippen LogP contribution < -0.4 is 5.32 Å². The van der Waals surface area contributed by atoms with Crippen LogP contribution in [0.25, 0.3) is 0 Å². The number of rotatable bonds is 9. The van der Waals surface area contributed by atoms with Crippen molar-refractivity contribution in [1.82, 2.24) is 20.1 Å². The van der Waals surface area contributed by atoms with Crippen molar-refractivity contribution in [2.24, 2.45) is 0 Å². The maximum Gasteiger partial charge on any atom is 0.303 e. The monoisotopic (exact) mass is 254 g/mol. The van der Waals surface area contributed by atoms with Gasteiger partial charge >= 0.3 is 5.97 Å². The Morgan fingerprint density at radius 1 is 1.22 bits per heavy atom. The first-order chi connectivity index (χ1) is 8.68. The van der Waals surface area contributed by atoms with E-state index in [4.69, 9.17) is 5.11 Å². The molecule has 1 aromatic heterocycles. The lowest BCUT2D eigenvalue weighted by Gasteiger charge is -2.04. The zero-order valence-electron chi connectivity index (χ0n) is 10.2. The highest BCUT2D eigenvalue weighted by Crippen LogP contribution is 1.98. The van der Waals surface area contributed by atoms with Crippen molar-refractivity contribution in [2.45, 2.75) is 38.6 Å². The summed E-state index contributed by atoms with van der Waals surface area (Å²) in [6.45, 7) is 1.11. The van der Waals surface area contributed by atoms with E-state index in [-0.39, 0.29) is 12.3 Å². The van der Waals surface area contributed by atoms with Gasteiger partial charge in [0, 0.05) is 19.4 Å². The van der Waals surface area contributed by atoms with E-state index >= 15 is 0 Å². The molecule has 0 unspecified atom stereocenters. The Balaban J connectivity index is 1.95. The quantitative estimate of drug-likeness (QED) is 0.623. The van der Waals surface area contributed by atoms with Gasteiger partial charge in [-0.3, -0.25) is 14.3 Å². The molecule has 0 radical (unpaired) electrons. The minimum absolute atomic E-state index is 0.0243. The van der Waals surface area contributed by atoms with Gasteiger partial charge in [-0.25, -0.2) is 4.98 Å². The third kappa shape index (κ3) is 6.62. The highest BCUT2D eigenvalue weighted by atomic mass is 16.4. The second kappa shape index (κ2) is 8.21. The van der Waals surface area contributed by atoms with Crippen LogP contribution in [0.4, 0.5) is 0 Å². The summed E-state index contributed by atoms with van der Waals surface area (Å²) in [4.78, 5) is 25.4. The molecule has 2 N–H and O–H groups in total. The summed E-state index contributed by atoms with van der Waals surface area (Å²) < 4.78 is 1.60. The molecule has 1 aromatic rings. The zero-order chi connectivity index (χ0) is 13.2.